The number of rotatable bonds is 4. The van der Waals surface area contributed by atoms with Crippen molar-refractivity contribution in [3.8, 4) is 0 Å². The van der Waals surface area contributed by atoms with Crippen LogP contribution in [0.25, 0.3) is 0 Å². The number of nitrogens with zero attached hydrogens (tertiary/aromatic N) is 2. The summed E-state index contributed by atoms with van der Waals surface area (Å²) in [5.74, 6) is 0. The molecule has 0 aliphatic carbocycles. The molecule has 0 saturated carbocycles. The van der Waals surface area contributed by atoms with E-state index in [1.807, 2.05) is 48.5 Å². The highest BCUT2D eigenvalue weighted by Gasteiger charge is 2.28. The molecule has 0 bridgehead atoms. The van der Waals surface area contributed by atoms with Crippen LogP contribution in [0.1, 0.15) is 48.5 Å². The summed E-state index contributed by atoms with van der Waals surface area (Å²) in [7, 11) is 0. The molecule has 1 N–H and O–H groups in total. The first-order valence-corrected chi connectivity index (χ1v) is 8.07. The Labute approximate surface area is 135 Å². The van der Waals surface area contributed by atoms with E-state index in [-0.39, 0.29) is 11.4 Å². The molecular weight excluding hydrogens is 286 g/mol. The molecule has 1 aliphatic heterocycles. The second-order valence-corrected chi connectivity index (χ2v) is 4.26. The van der Waals surface area contributed by atoms with Crippen LogP contribution < -0.4 is 5.32 Å². The molecule has 1 heterocycles. The molecule has 2 amide bonds. The molecule has 0 radical (unpaired) electrons. The summed E-state index contributed by atoms with van der Waals surface area (Å²) >= 11 is 4.38. The minimum absolute atomic E-state index is 0.111. The van der Waals surface area contributed by atoms with Gasteiger partial charge in [-0.25, -0.2) is 4.79 Å². The zero-order chi connectivity index (χ0) is 16.8. The van der Waals surface area contributed by atoms with E-state index in [1.54, 1.807) is 11.1 Å². The fraction of sp³-hybridized carbons (Fsp3) is 0.733. The van der Waals surface area contributed by atoms with Crippen LogP contribution in [0.2, 0.25) is 0 Å². The highest BCUT2D eigenvalue weighted by molar-refractivity contribution is 7.81. The second-order valence-electron chi connectivity index (χ2n) is 3.77. The van der Waals surface area contributed by atoms with Crippen molar-refractivity contribution in [3.05, 3.63) is 11.4 Å². The van der Waals surface area contributed by atoms with Gasteiger partial charge in [0.2, 0.25) is 0 Å². The van der Waals surface area contributed by atoms with Gasteiger partial charge in [-0.05, 0) is 34.6 Å². The molecule has 0 spiro atoms. The number of hydrogen-bond acceptors (Lipinski definition) is 4. The first-order valence-electron chi connectivity index (χ1n) is 7.56. The number of ether oxygens (including phenoxy) is 1. The molecule has 124 valence electrons. The molecule has 1 atom stereocenters. The molecule has 1 unspecified atom stereocenters. The zero-order valence-electron chi connectivity index (χ0n) is 14.4. The van der Waals surface area contributed by atoms with Crippen LogP contribution in [0.5, 0.6) is 0 Å². The van der Waals surface area contributed by atoms with Crippen LogP contribution in [-0.4, -0.2) is 42.3 Å². The Morgan fingerprint density at radius 3 is 2.19 bits per heavy atom. The smallest absolute Gasteiger partial charge is 0.322 e. The van der Waals surface area contributed by atoms with E-state index in [9.17, 15) is 4.79 Å². The van der Waals surface area contributed by atoms with Gasteiger partial charge >= 0.3 is 6.03 Å². The van der Waals surface area contributed by atoms with E-state index in [0.29, 0.717) is 6.54 Å². The SMILES string of the molecule is CC.CC=NC1=C(C)NC(=O)N(CC)C1S.CCOCC. The van der Waals surface area contributed by atoms with Gasteiger partial charge in [-0.3, -0.25) is 4.99 Å². The summed E-state index contributed by atoms with van der Waals surface area (Å²) in [6.45, 7) is 15.9. The molecule has 1 rings (SSSR count). The number of thiol groups is 1. The van der Waals surface area contributed by atoms with Crippen LogP contribution in [0.4, 0.5) is 4.79 Å². The van der Waals surface area contributed by atoms with Crippen molar-refractivity contribution in [2.45, 2.75) is 53.8 Å². The maximum atomic E-state index is 11.5. The predicted octanol–water partition coefficient (Wildman–Crippen LogP) is 3.68. The van der Waals surface area contributed by atoms with Crippen molar-refractivity contribution in [3.63, 3.8) is 0 Å². The summed E-state index contributed by atoms with van der Waals surface area (Å²) in [5, 5.41) is 2.50. The number of likely N-dealkylation sites (N-methyl/N-ethyl adjacent to an activating group) is 1. The van der Waals surface area contributed by atoms with Crippen molar-refractivity contribution in [1.29, 1.82) is 0 Å². The van der Waals surface area contributed by atoms with Crippen LogP contribution in [0, 0.1) is 0 Å². The minimum atomic E-state index is -0.245. The lowest BCUT2D eigenvalue weighted by Gasteiger charge is -2.33. The number of allylic oxidation sites excluding steroid dienone is 1. The van der Waals surface area contributed by atoms with Gasteiger partial charge in [0.05, 0.1) is 5.70 Å². The molecule has 21 heavy (non-hydrogen) atoms. The van der Waals surface area contributed by atoms with Crippen LogP contribution in [0.15, 0.2) is 16.4 Å². The monoisotopic (exact) mass is 317 g/mol. The van der Waals surface area contributed by atoms with Crippen molar-refractivity contribution in [2.24, 2.45) is 4.99 Å². The summed E-state index contributed by atoms with van der Waals surface area (Å²) < 4.78 is 4.83. The van der Waals surface area contributed by atoms with Crippen LogP contribution in [-0.2, 0) is 4.74 Å². The maximum absolute atomic E-state index is 11.5. The third-order valence-electron chi connectivity index (χ3n) is 2.50. The normalized spacial score (nSPS) is 17.8. The third-order valence-corrected chi connectivity index (χ3v) is 3.02. The standard InChI is InChI=1S/C9H15N3OS.C4H10O.C2H6/c1-4-10-7-6(3)11-9(13)12(5-2)8(7)14;1-3-5-4-2;1-2/h4,8,14H,5H2,1-3H3,(H,11,13);3-4H2,1-2H3;1-2H3. The lowest BCUT2D eigenvalue weighted by Crippen LogP contribution is -2.48. The molecule has 5 nitrogen and oxygen atoms in total. The third kappa shape index (κ3) is 8.12. The van der Waals surface area contributed by atoms with Gasteiger partial charge in [0.15, 0.2) is 0 Å². The van der Waals surface area contributed by atoms with Gasteiger partial charge in [0, 0.05) is 31.7 Å². The summed E-state index contributed by atoms with van der Waals surface area (Å²) in [6.07, 6.45) is 1.70. The van der Waals surface area contributed by atoms with E-state index < -0.39 is 0 Å². The zero-order valence-corrected chi connectivity index (χ0v) is 15.3. The number of carbonyl (C=O) groups is 1. The molecule has 0 fully saturated rings. The highest BCUT2D eigenvalue weighted by Crippen LogP contribution is 2.22. The van der Waals surface area contributed by atoms with Crippen molar-refractivity contribution >= 4 is 24.9 Å². The first-order chi connectivity index (χ1) is 10.0. The lowest BCUT2D eigenvalue weighted by atomic mass is 10.2. The molecule has 0 aromatic rings. The average Bonchev–Trinajstić information content (AvgIpc) is 2.47. The molecule has 0 aromatic heterocycles. The topological polar surface area (TPSA) is 53.9 Å². The van der Waals surface area contributed by atoms with Gasteiger partial charge in [-0.2, -0.15) is 0 Å². The predicted molar refractivity (Wildman–Crippen MR) is 94.1 cm³/mol. The Hall–Kier alpha value is -1.01. The number of aliphatic imine (C=N–C) groups is 1. The van der Waals surface area contributed by atoms with E-state index in [1.165, 1.54) is 0 Å². The van der Waals surface area contributed by atoms with Gasteiger partial charge in [0.25, 0.3) is 0 Å². The Kier molecular flexibility index (Phi) is 14.8. The number of urea groups is 1. The highest BCUT2D eigenvalue weighted by atomic mass is 32.1. The average molecular weight is 317 g/mol. The van der Waals surface area contributed by atoms with Gasteiger partial charge in [-0.1, -0.05) is 13.8 Å². The van der Waals surface area contributed by atoms with E-state index in [2.05, 4.69) is 22.9 Å². The number of amides is 2. The quantitative estimate of drug-likeness (QED) is 0.614. The van der Waals surface area contributed by atoms with Crippen molar-refractivity contribution in [2.75, 3.05) is 19.8 Å². The van der Waals surface area contributed by atoms with E-state index >= 15 is 0 Å². The van der Waals surface area contributed by atoms with Crippen LogP contribution in [0.3, 0.4) is 0 Å². The second kappa shape index (κ2) is 13.9. The molecular formula is C15H31N3O2S. The Morgan fingerprint density at radius 2 is 1.86 bits per heavy atom. The van der Waals surface area contributed by atoms with Gasteiger partial charge in [0.1, 0.15) is 5.37 Å². The Balaban J connectivity index is 0. The fourth-order valence-corrected chi connectivity index (χ4v) is 2.10. The summed E-state index contributed by atoms with van der Waals surface area (Å²) in [6, 6.07) is -0.111. The maximum Gasteiger partial charge on any atom is 0.322 e. The molecule has 6 heteroatoms. The fourth-order valence-electron chi connectivity index (χ4n) is 1.57. The van der Waals surface area contributed by atoms with Crippen molar-refractivity contribution in [1.82, 2.24) is 10.2 Å². The van der Waals surface area contributed by atoms with E-state index in [0.717, 1.165) is 24.6 Å². The largest absolute Gasteiger partial charge is 0.382 e. The summed E-state index contributed by atoms with van der Waals surface area (Å²) in [4.78, 5) is 17.3. The number of nitrogens with one attached hydrogen (secondary N) is 1. The lowest BCUT2D eigenvalue weighted by molar-refractivity contribution is 0.162. The summed E-state index contributed by atoms with van der Waals surface area (Å²) in [5.41, 5.74) is 1.58. The Bertz CT molecular complexity index is 342. The van der Waals surface area contributed by atoms with Crippen LogP contribution >= 0.6 is 12.6 Å². The molecule has 0 saturated heterocycles. The molecule has 0 aromatic carbocycles. The Morgan fingerprint density at radius 1 is 1.33 bits per heavy atom. The van der Waals surface area contributed by atoms with E-state index in [4.69, 9.17) is 4.74 Å². The van der Waals surface area contributed by atoms with Crippen molar-refractivity contribution < 1.29 is 9.53 Å². The van der Waals surface area contributed by atoms with Gasteiger partial charge < -0.3 is 15.0 Å². The van der Waals surface area contributed by atoms with Gasteiger partial charge in [-0.15, -0.1) is 12.6 Å². The molecule has 1 aliphatic rings. The number of carbonyl (C=O) groups excluding carboxylic acids is 1. The number of hydrogen-bond donors (Lipinski definition) is 2. The minimum Gasteiger partial charge on any atom is -0.382 e. The first kappa shape index (κ1) is 22.3.